The van der Waals surface area contributed by atoms with E-state index in [-0.39, 0.29) is 5.78 Å². The van der Waals surface area contributed by atoms with E-state index in [0.29, 0.717) is 13.0 Å². The van der Waals surface area contributed by atoms with E-state index in [0.717, 1.165) is 12.1 Å². The number of carbonyl (C=O) groups excluding carboxylic acids is 1. The number of carbonyl (C=O) groups is 1. The fourth-order valence-electron chi connectivity index (χ4n) is 2.24. The minimum Gasteiger partial charge on any atom is -0.300 e. The standard InChI is InChI=1S/C16H21N3O/c1-11-7-15(8-12(2)14(11)4)9-16-10-19(18-17-16)6-5-13(3)20/h7-8,10H,5-6,9H2,1-4H3. The van der Waals surface area contributed by atoms with Crippen LogP contribution in [0.3, 0.4) is 0 Å². The smallest absolute Gasteiger partial charge is 0.131 e. The van der Waals surface area contributed by atoms with Crippen LogP contribution in [0.15, 0.2) is 18.3 Å². The van der Waals surface area contributed by atoms with Gasteiger partial charge in [0, 0.05) is 25.6 Å². The zero-order valence-electron chi connectivity index (χ0n) is 12.6. The van der Waals surface area contributed by atoms with E-state index >= 15 is 0 Å². The Morgan fingerprint density at radius 2 is 1.85 bits per heavy atom. The van der Waals surface area contributed by atoms with Crippen LogP contribution in [0.2, 0.25) is 0 Å². The molecule has 0 saturated carbocycles. The lowest BCUT2D eigenvalue weighted by Crippen LogP contribution is -2.03. The normalized spacial score (nSPS) is 10.8. The monoisotopic (exact) mass is 271 g/mol. The molecule has 2 rings (SSSR count). The van der Waals surface area contributed by atoms with Crippen molar-refractivity contribution in [1.29, 1.82) is 0 Å². The molecule has 0 aliphatic carbocycles. The highest BCUT2D eigenvalue weighted by Crippen LogP contribution is 2.17. The van der Waals surface area contributed by atoms with Gasteiger partial charge in [-0.2, -0.15) is 0 Å². The molecule has 0 saturated heterocycles. The van der Waals surface area contributed by atoms with E-state index in [1.807, 2.05) is 6.20 Å². The summed E-state index contributed by atoms with van der Waals surface area (Å²) in [6.45, 7) is 8.61. The van der Waals surface area contributed by atoms with Crippen LogP contribution < -0.4 is 0 Å². The summed E-state index contributed by atoms with van der Waals surface area (Å²) < 4.78 is 1.74. The largest absolute Gasteiger partial charge is 0.300 e. The molecule has 0 unspecified atom stereocenters. The predicted molar refractivity (Wildman–Crippen MR) is 78.8 cm³/mol. The number of benzene rings is 1. The average Bonchev–Trinajstić information content (AvgIpc) is 2.81. The fourth-order valence-corrected chi connectivity index (χ4v) is 2.24. The third kappa shape index (κ3) is 3.53. The molecule has 0 amide bonds. The van der Waals surface area contributed by atoms with Gasteiger partial charge in [-0.3, -0.25) is 9.48 Å². The Kier molecular flexibility index (Phi) is 4.32. The van der Waals surface area contributed by atoms with Crippen LogP contribution in [-0.2, 0) is 17.8 Å². The van der Waals surface area contributed by atoms with E-state index < -0.39 is 0 Å². The molecule has 0 radical (unpaired) electrons. The zero-order valence-corrected chi connectivity index (χ0v) is 12.6. The third-order valence-electron chi connectivity index (χ3n) is 3.65. The van der Waals surface area contributed by atoms with Crippen molar-refractivity contribution >= 4 is 5.78 Å². The van der Waals surface area contributed by atoms with Crippen LogP contribution in [0.4, 0.5) is 0 Å². The summed E-state index contributed by atoms with van der Waals surface area (Å²) in [6, 6.07) is 4.41. The highest BCUT2D eigenvalue weighted by molar-refractivity contribution is 5.75. The molecule has 1 heterocycles. The van der Waals surface area contributed by atoms with Crippen molar-refractivity contribution in [2.75, 3.05) is 0 Å². The number of nitrogens with zero attached hydrogens (tertiary/aromatic N) is 3. The number of rotatable bonds is 5. The van der Waals surface area contributed by atoms with Crippen molar-refractivity contribution in [2.45, 2.75) is 47.1 Å². The first-order valence-corrected chi connectivity index (χ1v) is 6.91. The van der Waals surface area contributed by atoms with Gasteiger partial charge in [-0.15, -0.1) is 5.10 Å². The van der Waals surface area contributed by atoms with Gasteiger partial charge in [0.2, 0.25) is 0 Å². The second-order valence-corrected chi connectivity index (χ2v) is 5.46. The van der Waals surface area contributed by atoms with Gasteiger partial charge in [-0.1, -0.05) is 17.3 Å². The number of ketones is 1. The van der Waals surface area contributed by atoms with Crippen molar-refractivity contribution in [3.63, 3.8) is 0 Å². The first-order valence-electron chi connectivity index (χ1n) is 6.91. The molecule has 2 aromatic rings. The summed E-state index contributed by atoms with van der Waals surface area (Å²) >= 11 is 0. The second-order valence-electron chi connectivity index (χ2n) is 5.46. The fraction of sp³-hybridized carbons (Fsp3) is 0.438. The van der Waals surface area contributed by atoms with Crippen LogP contribution in [0, 0.1) is 20.8 Å². The lowest BCUT2D eigenvalue weighted by Gasteiger charge is -2.07. The predicted octanol–water partition coefficient (Wildman–Crippen LogP) is 2.77. The van der Waals surface area contributed by atoms with E-state index in [2.05, 4.69) is 43.2 Å². The molecular weight excluding hydrogens is 250 g/mol. The number of hydrogen-bond acceptors (Lipinski definition) is 3. The first-order chi connectivity index (χ1) is 9.45. The van der Waals surface area contributed by atoms with Crippen LogP contribution in [0.1, 0.15) is 41.3 Å². The number of hydrogen-bond donors (Lipinski definition) is 0. The lowest BCUT2D eigenvalue weighted by atomic mass is 9.98. The first kappa shape index (κ1) is 14.4. The van der Waals surface area contributed by atoms with Gasteiger partial charge >= 0.3 is 0 Å². The van der Waals surface area contributed by atoms with E-state index in [1.165, 1.54) is 22.3 Å². The number of aromatic nitrogens is 3. The van der Waals surface area contributed by atoms with Gasteiger partial charge in [0.1, 0.15) is 5.78 Å². The number of Topliss-reactive ketones (excluding diaryl/α,β-unsaturated/α-hetero) is 1. The Morgan fingerprint density at radius 3 is 2.45 bits per heavy atom. The van der Waals surface area contributed by atoms with Gasteiger partial charge < -0.3 is 0 Å². The van der Waals surface area contributed by atoms with Crippen LogP contribution >= 0.6 is 0 Å². The lowest BCUT2D eigenvalue weighted by molar-refractivity contribution is -0.117. The summed E-state index contributed by atoms with van der Waals surface area (Å²) in [7, 11) is 0. The molecule has 106 valence electrons. The molecule has 1 aromatic carbocycles. The maximum Gasteiger partial charge on any atom is 0.131 e. The Labute approximate surface area is 119 Å². The van der Waals surface area contributed by atoms with Crippen molar-refractivity contribution in [3.05, 3.63) is 46.3 Å². The SMILES string of the molecule is CC(=O)CCn1cc(Cc2cc(C)c(C)c(C)c2)nn1. The van der Waals surface area contributed by atoms with Crippen molar-refractivity contribution in [2.24, 2.45) is 0 Å². The molecule has 1 aromatic heterocycles. The summed E-state index contributed by atoms with van der Waals surface area (Å²) in [5.74, 6) is 0.173. The van der Waals surface area contributed by atoms with Gasteiger partial charge in [-0.25, -0.2) is 0 Å². The van der Waals surface area contributed by atoms with E-state index in [4.69, 9.17) is 0 Å². The highest BCUT2D eigenvalue weighted by Gasteiger charge is 2.06. The summed E-state index contributed by atoms with van der Waals surface area (Å²) in [4.78, 5) is 11.0. The van der Waals surface area contributed by atoms with Crippen molar-refractivity contribution in [3.8, 4) is 0 Å². The topological polar surface area (TPSA) is 47.8 Å². The third-order valence-corrected chi connectivity index (χ3v) is 3.65. The van der Waals surface area contributed by atoms with Gasteiger partial charge in [-0.05, 0) is 49.9 Å². The summed E-state index contributed by atoms with van der Waals surface area (Å²) in [6.07, 6.45) is 3.21. The molecule has 0 aliphatic rings. The van der Waals surface area contributed by atoms with Crippen molar-refractivity contribution in [1.82, 2.24) is 15.0 Å². The molecule has 0 atom stereocenters. The van der Waals surface area contributed by atoms with E-state index in [9.17, 15) is 4.79 Å². The van der Waals surface area contributed by atoms with E-state index in [1.54, 1.807) is 11.6 Å². The summed E-state index contributed by atoms with van der Waals surface area (Å²) in [5, 5.41) is 8.23. The maximum atomic E-state index is 11.0. The molecule has 0 spiro atoms. The Bertz CT molecular complexity index is 605. The Morgan fingerprint density at radius 1 is 1.20 bits per heavy atom. The minimum atomic E-state index is 0.173. The molecule has 4 nitrogen and oxygen atoms in total. The Balaban J connectivity index is 2.09. The second kappa shape index (κ2) is 5.99. The Hall–Kier alpha value is -1.97. The molecule has 4 heteroatoms. The van der Waals surface area contributed by atoms with Gasteiger partial charge in [0.15, 0.2) is 0 Å². The minimum absolute atomic E-state index is 0.173. The van der Waals surface area contributed by atoms with Crippen LogP contribution in [0.25, 0.3) is 0 Å². The number of aryl methyl sites for hydroxylation is 3. The molecule has 0 N–H and O–H groups in total. The van der Waals surface area contributed by atoms with Gasteiger partial charge in [0.05, 0.1) is 5.69 Å². The highest BCUT2D eigenvalue weighted by atomic mass is 16.1. The molecular formula is C16H21N3O. The van der Waals surface area contributed by atoms with Crippen LogP contribution in [0.5, 0.6) is 0 Å². The molecule has 0 bridgehead atoms. The van der Waals surface area contributed by atoms with Gasteiger partial charge in [0.25, 0.3) is 0 Å². The molecule has 20 heavy (non-hydrogen) atoms. The van der Waals surface area contributed by atoms with Crippen LogP contribution in [-0.4, -0.2) is 20.8 Å². The average molecular weight is 271 g/mol. The zero-order chi connectivity index (χ0) is 14.7. The quantitative estimate of drug-likeness (QED) is 0.840. The molecule has 0 fully saturated rings. The van der Waals surface area contributed by atoms with Crippen molar-refractivity contribution < 1.29 is 4.79 Å². The maximum absolute atomic E-state index is 11.0. The molecule has 0 aliphatic heterocycles. The summed E-state index contributed by atoms with van der Waals surface area (Å²) in [5.41, 5.74) is 6.16.